The normalized spacial score (nSPS) is 13.3. The van der Waals surface area contributed by atoms with Crippen LogP contribution in [0.5, 0.6) is 0 Å². The largest absolute Gasteiger partial charge is 0.378 e. The van der Waals surface area contributed by atoms with Gasteiger partial charge in [-0.05, 0) is 36.1 Å². The zero-order chi connectivity index (χ0) is 27.2. The maximum absolute atomic E-state index is 13.1. The van der Waals surface area contributed by atoms with Crippen molar-refractivity contribution in [3.05, 3.63) is 144 Å². The molecule has 2 unspecified atom stereocenters. The Labute approximate surface area is 223 Å². The fourth-order valence-corrected chi connectivity index (χ4v) is 4.84. The van der Waals surface area contributed by atoms with Crippen LogP contribution in [-0.2, 0) is 20.8 Å². The van der Waals surface area contributed by atoms with Gasteiger partial charge in [-0.25, -0.2) is 0 Å². The Bertz CT molecular complexity index is 1160. The van der Waals surface area contributed by atoms with E-state index in [4.69, 9.17) is 0 Å². The van der Waals surface area contributed by atoms with Crippen LogP contribution >= 0.6 is 0 Å². The molecular weight excluding hydrogens is 476 g/mol. The summed E-state index contributed by atoms with van der Waals surface area (Å²) in [4.78, 5) is 26.2. The van der Waals surface area contributed by atoms with Crippen molar-refractivity contribution in [2.75, 3.05) is 0 Å². The molecule has 4 rings (SSSR count). The Morgan fingerprint density at radius 1 is 0.500 bits per heavy atom. The standard InChI is InChI=1S/C32H32N2O4/c1-23(31(37,25-15-7-3-8-16-25)26-17-9-4-10-18-26)33-29(35)30(36)34-24(2)32(38,27-19-11-5-12-20-27)28-21-13-6-14-22-28/h3-24,37-38H,1-2H3,(H,33,35)(H,34,36). The molecule has 0 heterocycles. The first-order valence-corrected chi connectivity index (χ1v) is 12.6. The highest BCUT2D eigenvalue weighted by atomic mass is 16.3. The molecule has 194 valence electrons. The van der Waals surface area contributed by atoms with Gasteiger partial charge in [0.15, 0.2) is 0 Å². The van der Waals surface area contributed by atoms with Crippen LogP contribution in [0, 0.1) is 0 Å². The third-order valence-electron chi connectivity index (χ3n) is 7.01. The molecule has 2 atom stereocenters. The van der Waals surface area contributed by atoms with Crippen LogP contribution in [0.1, 0.15) is 36.1 Å². The summed E-state index contributed by atoms with van der Waals surface area (Å²) < 4.78 is 0. The van der Waals surface area contributed by atoms with Crippen molar-refractivity contribution < 1.29 is 19.8 Å². The maximum Gasteiger partial charge on any atom is 0.309 e. The third-order valence-corrected chi connectivity index (χ3v) is 7.01. The van der Waals surface area contributed by atoms with Crippen LogP contribution in [0.15, 0.2) is 121 Å². The van der Waals surface area contributed by atoms with Gasteiger partial charge in [-0.3, -0.25) is 9.59 Å². The number of nitrogens with one attached hydrogen (secondary N) is 2. The van der Waals surface area contributed by atoms with E-state index < -0.39 is 35.1 Å². The third kappa shape index (κ3) is 5.23. The Morgan fingerprint density at radius 2 is 0.711 bits per heavy atom. The number of hydrogen-bond donors (Lipinski definition) is 4. The molecule has 0 aromatic heterocycles. The summed E-state index contributed by atoms with van der Waals surface area (Å²) in [5.41, 5.74) is -0.853. The number of hydrogen-bond acceptors (Lipinski definition) is 4. The smallest absolute Gasteiger partial charge is 0.309 e. The molecule has 6 nitrogen and oxygen atoms in total. The van der Waals surface area contributed by atoms with Gasteiger partial charge in [0, 0.05) is 0 Å². The van der Waals surface area contributed by atoms with Gasteiger partial charge >= 0.3 is 11.8 Å². The number of benzene rings is 4. The molecule has 38 heavy (non-hydrogen) atoms. The fraction of sp³-hybridized carbons (Fsp3) is 0.188. The van der Waals surface area contributed by atoms with Crippen molar-refractivity contribution >= 4 is 11.8 Å². The first-order chi connectivity index (χ1) is 18.3. The first kappa shape index (κ1) is 26.8. The van der Waals surface area contributed by atoms with E-state index in [1.165, 1.54) is 0 Å². The zero-order valence-electron chi connectivity index (χ0n) is 21.4. The quantitative estimate of drug-likeness (QED) is 0.272. The summed E-state index contributed by atoms with van der Waals surface area (Å²) in [5.74, 6) is -1.84. The summed E-state index contributed by atoms with van der Waals surface area (Å²) in [7, 11) is 0. The molecule has 4 aromatic rings. The summed E-state index contributed by atoms with van der Waals surface area (Å²) >= 11 is 0. The minimum absolute atomic E-state index is 0.579. The summed E-state index contributed by atoms with van der Waals surface area (Å²) in [6, 6.07) is 34.3. The van der Waals surface area contributed by atoms with Gasteiger partial charge < -0.3 is 20.8 Å². The SMILES string of the molecule is CC(NC(=O)C(=O)NC(C)C(O)(c1ccccc1)c1ccccc1)C(O)(c1ccccc1)c1ccccc1. The zero-order valence-corrected chi connectivity index (χ0v) is 21.4. The predicted molar refractivity (Wildman–Crippen MR) is 147 cm³/mol. The van der Waals surface area contributed by atoms with E-state index in [0.717, 1.165) is 0 Å². The minimum Gasteiger partial charge on any atom is -0.378 e. The van der Waals surface area contributed by atoms with Crippen LogP contribution in [0.3, 0.4) is 0 Å². The second-order valence-corrected chi connectivity index (χ2v) is 9.39. The van der Waals surface area contributed by atoms with Gasteiger partial charge in [0.05, 0.1) is 12.1 Å². The Balaban J connectivity index is 1.57. The second kappa shape index (κ2) is 11.4. The highest BCUT2D eigenvalue weighted by molar-refractivity contribution is 6.35. The Hall–Kier alpha value is -4.26. The van der Waals surface area contributed by atoms with Gasteiger partial charge in [-0.2, -0.15) is 0 Å². The number of aliphatic hydroxyl groups is 2. The summed E-state index contributed by atoms with van der Waals surface area (Å²) in [6.07, 6.45) is 0. The lowest BCUT2D eigenvalue weighted by Crippen LogP contribution is -2.56. The van der Waals surface area contributed by atoms with E-state index in [1.807, 2.05) is 24.3 Å². The average Bonchev–Trinajstić information content (AvgIpc) is 2.97. The van der Waals surface area contributed by atoms with E-state index in [2.05, 4.69) is 10.6 Å². The molecule has 4 aromatic carbocycles. The Kier molecular flexibility index (Phi) is 8.05. The molecule has 0 spiro atoms. The van der Waals surface area contributed by atoms with Crippen LogP contribution in [0.4, 0.5) is 0 Å². The monoisotopic (exact) mass is 508 g/mol. The van der Waals surface area contributed by atoms with Gasteiger partial charge in [-0.1, -0.05) is 121 Å². The average molecular weight is 509 g/mol. The van der Waals surface area contributed by atoms with Gasteiger partial charge in [0.1, 0.15) is 11.2 Å². The van der Waals surface area contributed by atoms with Gasteiger partial charge in [-0.15, -0.1) is 0 Å². The molecule has 0 bridgehead atoms. The van der Waals surface area contributed by atoms with Crippen LogP contribution in [-0.4, -0.2) is 34.1 Å². The number of rotatable bonds is 8. The molecular formula is C32H32N2O4. The molecule has 0 saturated heterocycles. The topological polar surface area (TPSA) is 98.7 Å². The van der Waals surface area contributed by atoms with Gasteiger partial charge in [0.2, 0.25) is 0 Å². The molecule has 6 heteroatoms. The number of carbonyl (C=O) groups excluding carboxylic acids is 2. The van der Waals surface area contributed by atoms with E-state index in [9.17, 15) is 19.8 Å². The van der Waals surface area contributed by atoms with Crippen molar-refractivity contribution in [1.29, 1.82) is 0 Å². The molecule has 0 radical (unpaired) electrons. The minimum atomic E-state index is -1.58. The highest BCUT2D eigenvalue weighted by Gasteiger charge is 2.41. The van der Waals surface area contributed by atoms with Crippen LogP contribution in [0.25, 0.3) is 0 Å². The van der Waals surface area contributed by atoms with E-state index >= 15 is 0 Å². The van der Waals surface area contributed by atoms with Crippen molar-refractivity contribution in [2.24, 2.45) is 0 Å². The molecule has 4 N–H and O–H groups in total. The van der Waals surface area contributed by atoms with E-state index in [0.29, 0.717) is 22.3 Å². The molecule has 0 aliphatic rings. The predicted octanol–water partition coefficient (Wildman–Crippen LogP) is 3.87. The second-order valence-electron chi connectivity index (χ2n) is 9.39. The van der Waals surface area contributed by atoms with E-state index in [1.54, 1.807) is 111 Å². The summed E-state index contributed by atoms with van der Waals surface area (Å²) in [5, 5.41) is 29.1. The van der Waals surface area contributed by atoms with Crippen molar-refractivity contribution in [3.8, 4) is 0 Å². The Morgan fingerprint density at radius 3 is 0.921 bits per heavy atom. The number of carbonyl (C=O) groups is 2. The van der Waals surface area contributed by atoms with Crippen molar-refractivity contribution in [1.82, 2.24) is 10.6 Å². The summed E-state index contributed by atoms with van der Waals surface area (Å²) in [6.45, 7) is 3.30. The highest BCUT2D eigenvalue weighted by Crippen LogP contribution is 2.34. The first-order valence-electron chi connectivity index (χ1n) is 12.6. The maximum atomic E-state index is 13.1. The lowest BCUT2D eigenvalue weighted by molar-refractivity contribution is -0.141. The molecule has 0 aliphatic heterocycles. The molecule has 0 fully saturated rings. The van der Waals surface area contributed by atoms with Gasteiger partial charge in [0.25, 0.3) is 0 Å². The van der Waals surface area contributed by atoms with Crippen LogP contribution in [0.2, 0.25) is 0 Å². The lowest BCUT2D eigenvalue weighted by Gasteiger charge is -2.37. The molecule has 2 amide bonds. The molecule has 0 aliphatic carbocycles. The van der Waals surface area contributed by atoms with Crippen LogP contribution < -0.4 is 10.6 Å². The van der Waals surface area contributed by atoms with E-state index in [-0.39, 0.29) is 0 Å². The molecule has 0 saturated carbocycles. The number of amides is 2. The lowest BCUT2D eigenvalue weighted by atomic mass is 9.80. The van der Waals surface area contributed by atoms with Crippen molar-refractivity contribution in [2.45, 2.75) is 37.1 Å². The van der Waals surface area contributed by atoms with Crippen molar-refractivity contribution in [3.63, 3.8) is 0 Å². The fourth-order valence-electron chi connectivity index (χ4n) is 4.84.